The fraction of sp³-hybridized carbons (Fsp3) is 0.174. The summed E-state index contributed by atoms with van der Waals surface area (Å²) in [6.45, 7) is 4.20. The average molecular weight is 391 g/mol. The number of rotatable bonds is 6. The van der Waals surface area contributed by atoms with E-state index >= 15 is 0 Å². The van der Waals surface area contributed by atoms with Crippen molar-refractivity contribution in [2.75, 3.05) is 5.32 Å². The van der Waals surface area contributed by atoms with Gasteiger partial charge in [0.2, 0.25) is 0 Å². The smallest absolute Gasteiger partial charge is 0.270 e. The molecule has 2 N–H and O–H groups in total. The van der Waals surface area contributed by atoms with Crippen LogP contribution in [0.1, 0.15) is 44.5 Å². The standard InChI is InChI=1S/C23H22FN3O2/c1-3-17-6-4-5-15(2)21(17)27-22(28)18-11-12-25-20(13-18)23(29)26-14-16-7-9-19(24)10-8-16/h4-13H,3,14H2,1-2H3,(H,26,29)(H,27,28). The van der Waals surface area contributed by atoms with Crippen molar-refractivity contribution in [2.24, 2.45) is 0 Å². The average Bonchev–Trinajstić information content (AvgIpc) is 2.74. The largest absolute Gasteiger partial charge is 0.347 e. The minimum Gasteiger partial charge on any atom is -0.347 e. The quantitative estimate of drug-likeness (QED) is 0.659. The maximum Gasteiger partial charge on any atom is 0.270 e. The van der Waals surface area contributed by atoms with Crippen molar-refractivity contribution < 1.29 is 14.0 Å². The van der Waals surface area contributed by atoms with Crippen LogP contribution >= 0.6 is 0 Å². The summed E-state index contributed by atoms with van der Waals surface area (Å²) in [6, 6.07) is 14.8. The number of halogens is 1. The molecule has 2 aromatic carbocycles. The molecule has 3 rings (SSSR count). The number of nitrogens with zero attached hydrogens (tertiary/aromatic N) is 1. The van der Waals surface area contributed by atoms with Gasteiger partial charge in [0.1, 0.15) is 11.5 Å². The molecule has 0 fully saturated rings. The van der Waals surface area contributed by atoms with E-state index in [1.54, 1.807) is 18.2 Å². The minimum atomic E-state index is -0.408. The summed E-state index contributed by atoms with van der Waals surface area (Å²) < 4.78 is 13.0. The molecular formula is C23H22FN3O2. The Labute approximate surface area is 169 Å². The summed E-state index contributed by atoms with van der Waals surface area (Å²) in [5.74, 6) is -1.04. The van der Waals surface area contributed by atoms with Crippen molar-refractivity contribution in [3.05, 3.63) is 94.6 Å². The Morgan fingerprint density at radius 1 is 1.03 bits per heavy atom. The molecule has 0 saturated heterocycles. The van der Waals surface area contributed by atoms with Gasteiger partial charge in [-0.25, -0.2) is 4.39 Å². The molecule has 29 heavy (non-hydrogen) atoms. The fourth-order valence-electron chi connectivity index (χ4n) is 2.96. The van der Waals surface area contributed by atoms with Gasteiger partial charge in [-0.3, -0.25) is 14.6 Å². The topological polar surface area (TPSA) is 71.1 Å². The number of nitrogens with one attached hydrogen (secondary N) is 2. The lowest BCUT2D eigenvalue weighted by Crippen LogP contribution is -2.24. The molecule has 6 heteroatoms. The summed E-state index contributed by atoms with van der Waals surface area (Å²) in [4.78, 5) is 29.2. The van der Waals surface area contributed by atoms with Crippen LogP contribution in [0.3, 0.4) is 0 Å². The van der Waals surface area contributed by atoms with Crippen molar-refractivity contribution in [1.82, 2.24) is 10.3 Å². The summed E-state index contributed by atoms with van der Waals surface area (Å²) in [5.41, 5.74) is 4.06. The molecule has 0 aliphatic rings. The SMILES string of the molecule is CCc1cccc(C)c1NC(=O)c1ccnc(C(=O)NCc2ccc(F)cc2)c1. The van der Waals surface area contributed by atoms with E-state index < -0.39 is 5.91 Å². The van der Waals surface area contributed by atoms with E-state index in [1.165, 1.54) is 24.4 Å². The molecule has 0 saturated carbocycles. The number of carbonyl (C=O) groups excluding carboxylic acids is 2. The first kappa shape index (κ1) is 20.2. The van der Waals surface area contributed by atoms with E-state index in [4.69, 9.17) is 0 Å². The first-order valence-electron chi connectivity index (χ1n) is 9.36. The second-order valence-corrected chi connectivity index (χ2v) is 6.66. The van der Waals surface area contributed by atoms with Gasteiger partial charge in [0.15, 0.2) is 0 Å². The number of para-hydroxylation sites is 1. The highest BCUT2D eigenvalue weighted by Crippen LogP contribution is 2.22. The molecule has 1 heterocycles. The van der Waals surface area contributed by atoms with Gasteiger partial charge in [-0.15, -0.1) is 0 Å². The highest BCUT2D eigenvalue weighted by atomic mass is 19.1. The van der Waals surface area contributed by atoms with Crippen LogP contribution in [-0.4, -0.2) is 16.8 Å². The number of aryl methyl sites for hydroxylation is 2. The van der Waals surface area contributed by atoms with Crippen LogP contribution < -0.4 is 10.6 Å². The predicted octanol–water partition coefficient (Wildman–Crippen LogP) is 4.27. The number of amides is 2. The van der Waals surface area contributed by atoms with Crippen LogP contribution in [0.15, 0.2) is 60.8 Å². The molecule has 0 bridgehead atoms. The highest BCUT2D eigenvalue weighted by molar-refractivity contribution is 6.06. The summed E-state index contributed by atoms with van der Waals surface area (Å²) in [7, 11) is 0. The molecule has 2 amide bonds. The Balaban J connectivity index is 1.71. The van der Waals surface area contributed by atoms with Gasteiger partial charge in [0.25, 0.3) is 11.8 Å². The third-order valence-electron chi connectivity index (χ3n) is 4.60. The maximum absolute atomic E-state index is 13.0. The Hall–Kier alpha value is -3.54. The number of aromatic nitrogens is 1. The third kappa shape index (κ3) is 5.04. The van der Waals surface area contributed by atoms with Gasteiger partial charge in [-0.2, -0.15) is 0 Å². The van der Waals surface area contributed by atoms with Gasteiger partial charge < -0.3 is 10.6 Å². The van der Waals surface area contributed by atoms with E-state index in [1.807, 2.05) is 32.0 Å². The lowest BCUT2D eigenvalue weighted by molar-refractivity contribution is 0.0946. The molecule has 0 aliphatic carbocycles. The van der Waals surface area contributed by atoms with Crippen molar-refractivity contribution in [3.8, 4) is 0 Å². The van der Waals surface area contributed by atoms with E-state index in [2.05, 4.69) is 15.6 Å². The van der Waals surface area contributed by atoms with Crippen molar-refractivity contribution in [1.29, 1.82) is 0 Å². The monoisotopic (exact) mass is 391 g/mol. The molecule has 3 aromatic rings. The Kier molecular flexibility index (Phi) is 6.34. The van der Waals surface area contributed by atoms with Crippen LogP contribution in [0, 0.1) is 12.7 Å². The van der Waals surface area contributed by atoms with Gasteiger partial charge in [0.05, 0.1) is 0 Å². The molecule has 0 radical (unpaired) electrons. The molecule has 0 atom stereocenters. The molecular weight excluding hydrogens is 369 g/mol. The molecule has 5 nitrogen and oxygen atoms in total. The zero-order valence-electron chi connectivity index (χ0n) is 16.3. The van der Waals surface area contributed by atoms with E-state index in [9.17, 15) is 14.0 Å². The van der Waals surface area contributed by atoms with Gasteiger partial charge in [-0.1, -0.05) is 37.3 Å². The second kappa shape index (κ2) is 9.10. The second-order valence-electron chi connectivity index (χ2n) is 6.66. The van der Waals surface area contributed by atoms with Crippen molar-refractivity contribution >= 4 is 17.5 Å². The normalized spacial score (nSPS) is 10.4. The van der Waals surface area contributed by atoms with Crippen molar-refractivity contribution in [2.45, 2.75) is 26.8 Å². The summed E-state index contributed by atoms with van der Waals surface area (Å²) in [6.07, 6.45) is 2.23. The van der Waals surface area contributed by atoms with Gasteiger partial charge >= 0.3 is 0 Å². The van der Waals surface area contributed by atoms with Gasteiger partial charge in [0, 0.05) is 24.0 Å². The summed E-state index contributed by atoms with van der Waals surface area (Å²) in [5, 5.41) is 5.66. The fourth-order valence-corrected chi connectivity index (χ4v) is 2.96. The molecule has 0 spiro atoms. The van der Waals surface area contributed by atoms with Crippen LogP contribution in [-0.2, 0) is 13.0 Å². The number of benzene rings is 2. The lowest BCUT2D eigenvalue weighted by Gasteiger charge is -2.13. The Morgan fingerprint density at radius 3 is 2.52 bits per heavy atom. The predicted molar refractivity (Wildman–Crippen MR) is 110 cm³/mol. The first-order chi connectivity index (χ1) is 14.0. The highest BCUT2D eigenvalue weighted by Gasteiger charge is 2.14. The minimum absolute atomic E-state index is 0.139. The van der Waals surface area contributed by atoms with Crippen LogP contribution in [0.25, 0.3) is 0 Å². The van der Waals surface area contributed by atoms with E-state index in [0.717, 1.165) is 28.8 Å². The third-order valence-corrected chi connectivity index (χ3v) is 4.60. The zero-order valence-corrected chi connectivity index (χ0v) is 16.3. The summed E-state index contributed by atoms with van der Waals surface area (Å²) >= 11 is 0. The number of pyridine rings is 1. The molecule has 1 aromatic heterocycles. The van der Waals surface area contributed by atoms with Crippen molar-refractivity contribution in [3.63, 3.8) is 0 Å². The van der Waals surface area contributed by atoms with Crippen LogP contribution in [0.2, 0.25) is 0 Å². The number of hydrogen-bond acceptors (Lipinski definition) is 3. The lowest BCUT2D eigenvalue weighted by atomic mass is 10.1. The number of anilines is 1. The van der Waals surface area contributed by atoms with Crippen LogP contribution in [0.4, 0.5) is 10.1 Å². The number of carbonyl (C=O) groups is 2. The maximum atomic E-state index is 13.0. The van der Waals surface area contributed by atoms with E-state index in [0.29, 0.717) is 5.56 Å². The van der Waals surface area contributed by atoms with E-state index in [-0.39, 0.29) is 24.0 Å². The molecule has 0 unspecified atom stereocenters. The Bertz CT molecular complexity index is 1030. The number of hydrogen-bond donors (Lipinski definition) is 2. The zero-order chi connectivity index (χ0) is 20.8. The first-order valence-corrected chi connectivity index (χ1v) is 9.36. The Morgan fingerprint density at radius 2 is 1.79 bits per heavy atom. The van der Waals surface area contributed by atoms with Gasteiger partial charge in [-0.05, 0) is 54.3 Å². The van der Waals surface area contributed by atoms with Crippen LogP contribution in [0.5, 0.6) is 0 Å². The molecule has 148 valence electrons. The molecule has 0 aliphatic heterocycles.